The molecule has 0 heterocycles. The summed E-state index contributed by atoms with van der Waals surface area (Å²) in [5.41, 5.74) is 0.359. The van der Waals surface area contributed by atoms with Gasteiger partial charge in [0.1, 0.15) is 0 Å². The molecule has 0 atom stereocenters. The molecule has 2 aromatic carbocycles. The van der Waals surface area contributed by atoms with Crippen molar-refractivity contribution in [3.8, 4) is 0 Å². The fourth-order valence-electron chi connectivity index (χ4n) is 1.41. The first-order valence-corrected chi connectivity index (χ1v) is 4.00. The summed E-state index contributed by atoms with van der Waals surface area (Å²) in [6.07, 6.45) is 0. The molecule has 2 rings (SSSR count). The van der Waals surface area contributed by atoms with Gasteiger partial charge in [-0.2, -0.15) is 0 Å². The van der Waals surface area contributed by atoms with Gasteiger partial charge in [-0.25, -0.2) is 4.79 Å². The second-order valence-electron chi connectivity index (χ2n) is 2.83. The van der Waals surface area contributed by atoms with Crippen molar-refractivity contribution in [2.75, 3.05) is 0 Å². The second-order valence-corrected chi connectivity index (χ2v) is 2.83. The molecule has 1 N–H and O–H groups in total. The van der Waals surface area contributed by atoms with E-state index in [-0.39, 0.29) is 48.9 Å². The Morgan fingerprint density at radius 3 is 2.36 bits per heavy atom. The van der Waals surface area contributed by atoms with Gasteiger partial charge in [0.2, 0.25) is 0 Å². The van der Waals surface area contributed by atoms with Crippen LogP contribution in [-0.2, 0) is 0 Å². The van der Waals surface area contributed by atoms with Crippen molar-refractivity contribution in [2.45, 2.75) is 0 Å². The van der Waals surface area contributed by atoms with E-state index in [2.05, 4.69) is 0 Å². The van der Waals surface area contributed by atoms with E-state index in [9.17, 15) is 4.79 Å². The van der Waals surface area contributed by atoms with Gasteiger partial charge in [-0.05, 0) is 16.8 Å². The van der Waals surface area contributed by atoms with E-state index in [0.29, 0.717) is 5.56 Å². The Bertz CT molecular complexity index is 460. The number of rotatable bonds is 1. The number of hydrogen-bond donors (Lipinski definition) is 1. The van der Waals surface area contributed by atoms with Gasteiger partial charge in [0.25, 0.3) is 0 Å². The molecule has 2 nitrogen and oxygen atoms in total. The molecule has 0 aliphatic carbocycles. The molecule has 0 saturated heterocycles. The Balaban J connectivity index is 0.000000980. The number of fused-ring (bicyclic) bond motifs is 1. The van der Waals surface area contributed by atoms with Crippen LogP contribution in [0.2, 0.25) is 0 Å². The predicted molar refractivity (Wildman–Crippen MR) is 59.5 cm³/mol. The fraction of sp³-hybridized carbons (Fsp3) is 0. The van der Waals surface area contributed by atoms with E-state index >= 15 is 0 Å². The molecule has 0 radical (unpaired) electrons. The molecule has 0 unspecified atom stereocenters. The summed E-state index contributed by atoms with van der Waals surface area (Å²) >= 11 is 0. The van der Waals surface area contributed by atoms with Crippen LogP contribution in [-0.4, -0.2) is 60.0 Å². The standard InChI is InChI=1S/C11H8O2.Ba.2H/c12-11(13)10-7-3-5-8-4-1-2-6-9(8)10;;;/h1-7H,(H,12,13);;;. The molecule has 0 bridgehead atoms. The van der Waals surface area contributed by atoms with Crippen molar-refractivity contribution in [1.82, 2.24) is 0 Å². The first-order chi connectivity index (χ1) is 6.29. The van der Waals surface area contributed by atoms with E-state index in [0.717, 1.165) is 10.8 Å². The molecule has 3 heteroatoms. The van der Waals surface area contributed by atoms with Crippen LogP contribution in [0.3, 0.4) is 0 Å². The van der Waals surface area contributed by atoms with Gasteiger partial charge >= 0.3 is 54.9 Å². The Morgan fingerprint density at radius 2 is 1.64 bits per heavy atom. The van der Waals surface area contributed by atoms with Crippen LogP contribution in [0, 0.1) is 0 Å². The van der Waals surface area contributed by atoms with Crippen molar-refractivity contribution >= 4 is 65.6 Å². The van der Waals surface area contributed by atoms with Crippen molar-refractivity contribution in [1.29, 1.82) is 0 Å². The van der Waals surface area contributed by atoms with Crippen molar-refractivity contribution in [2.24, 2.45) is 0 Å². The summed E-state index contributed by atoms with van der Waals surface area (Å²) in [4.78, 5) is 10.8. The number of aromatic carboxylic acids is 1. The Morgan fingerprint density at radius 1 is 1.00 bits per heavy atom. The Kier molecular flexibility index (Phi) is 4.22. The van der Waals surface area contributed by atoms with E-state index in [1.807, 2.05) is 30.3 Å². The maximum atomic E-state index is 10.8. The molecule has 0 spiro atoms. The molecule has 0 aliphatic heterocycles. The molecule has 0 aromatic heterocycles. The first kappa shape index (κ1) is 11.8. The number of carboxylic acids is 1. The molecule has 14 heavy (non-hydrogen) atoms. The zero-order valence-corrected chi connectivity index (χ0v) is 6.90. The first-order valence-electron chi connectivity index (χ1n) is 4.00. The van der Waals surface area contributed by atoms with Gasteiger partial charge < -0.3 is 5.11 Å². The van der Waals surface area contributed by atoms with Gasteiger partial charge in [-0.3, -0.25) is 0 Å². The number of hydrogen-bond acceptors (Lipinski definition) is 1. The summed E-state index contributed by atoms with van der Waals surface area (Å²) in [6.45, 7) is 0. The van der Waals surface area contributed by atoms with Gasteiger partial charge in [0.05, 0.1) is 5.56 Å². The summed E-state index contributed by atoms with van der Waals surface area (Å²) in [5, 5.41) is 10.6. The Labute approximate surface area is 122 Å². The molecular formula is C11H10BaO2. The quantitative estimate of drug-likeness (QED) is 0.813. The van der Waals surface area contributed by atoms with E-state index < -0.39 is 5.97 Å². The van der Waals surface area contributed by atoms with Gasteiger partial charge in [0.15, 0.2) is 0 Å². The van der Waals surface area contributed by atoms with Crippen LogP contribution in [0.1, 0.15) is 10.4 Å². The topological polar surface area (TPSA) is 37.3 Å². The third-order valence-corrected chi connectivity index (χ3v) is 2.02. The fourth-order valence-corrected chi connectivity index (χ4v) is 1.41. The average molecular weight is 312 g/mol. The minimum atomic E-state index is -0.878. The number of benzene rings is 2. The van der Waals surface area contributed by atoms with E-state index in [1.54, 1.807) is 12.1 Å². The maximum absolute atomic E-state index is 10.8. The third-order valence-electron chi connectivity index (χ3n) is 2.02. The zero-order chi connectivity index (χ0) is 9.26. The average Bonchev–Trinajstić information content (AvgIpc) is 2.17. The monoisotopic (exact) mass is 312 g/mol. The molecule has 0 saturated carbocycles. The molecular weight excluding hydrogens is 301 g/mol. The van der Waals surface area contributed by atoms with Crippen LogP contribution >= 0.6 is 0 Å². The van der Waals surface area contributed by atoms with Gasteiger partial charge in [-0.1, -0.05) is 36.4 Å². The molecule has 68 valence electrons. The SMILES string of the molecule is O=C(O)c1cccc2ccccc12.[BaH2]. The predicted octanol–water partition coefficient (Wildman–Crippen LogP) is 1.62. The second kappa shape index (κ2) is 5.00. The van der Waals surface area contributed by atoms with Crippen LogP contribution in [0.4, 0.5) is 0 Å². The number of carboxylic acid groups (broad SMARTS) is 1. The number of carbonyl (C=O) groups is 1. The van der Waals surface area contributed by atoms with Crippen molar-refractivity contribution < 1.29 is 9.90 Å². The van der Waals surface area contributed by atoms with Crippen molar-refractivity contribution in [3.05, 3.63) is 48.0 Å². The minimum absolute atomic E-state index is 0. The van der Waals surface area contributed by atoms with Gasteiger partial charge in [-0.15, -0.1) is 0 Å². The Hall–Kier alpha value is -0.259. The van der Waals surface area contributed by atoms with Gasteiger partial charge in [0, 0.05) is 0 Å². The van der Waals surface area contributed by atoms with Crippen LogP contribution in [0.25, 0.3) is 10.8 Å². The molecule has 0 amide bonds. The summed E-state index contributed by atoms with van der Waals surface area (Å²) < 4.78 is 0. The molecule has 0 aliphatic rings. The summed E-state index contributed by atoms with van der Waals surface area (Å²) in [7, 11) is 0. The van der Waals surface area contributed by atoms with Crippen LogP contribution in [0.15, 0.2) is 42.5 Å². The normalized spacial score (nSPS) is 9.43. The summed E-state index contributed by atoms with van der Waals surface area (Å²) in [5.74, 6) is -0.878. The van der Waals surface area contributed by atoms with Crippen LogP contribution < -0.4 is 0 Å². The van der Waals surface area contributed by atoms with Crippen molar-refractivity contribution in [3.63, 3.8) is 0 Å². The van der Waals surface area contributed by atoms with E-state index in [1.165, 1.54) is 0 Å². The van der Waals surface area contributed by atoms with Crippen LogP contribution in [0.5, 0.6) is 0 Å². The summed E-state index contributed by atoms with van der Waals surface area (Å²) in [6, 6.07) is 12.7. The third kappa shape index (κ3) is 2.21. The molecule has 2 aromatic rings. The molecule has 0 fully saturated rings. The zero-order valence-electron chi connectivity index (χ0n) is 6.90. The van der Waals surface area contributed by atoms with E-state index in [4.69, 9.17) is 5.11 Å².